The molecular formula is C14H23ClN4O. The van der Waals surface area contributed by atoms with E-state index in [-0.39, 0.29) is 5.91 Å². The van der Waals surface area contributed by atoms with Crippen molar-refractivity contribution < 1.29 is 4.79 Å². The van der Waals surface area contributed by atoms with Gasteiger partial charge in [-0.2, -0.15) is 5.10 Å². The first-order valence-corrected chi connectivity index (χ1v) is 7.77. The van der Waals surface area contributed by atoms with Crippen molar-refractivity contribution in [3.05, 3.63) is 16.4 Å². The number of nitrogens with one attached hydrogen (secondary N) is 1. The Kier molecular flexibility index (Phi) is 5.43. The highest BCUT2D eigenvalue weighted by molar-refractivity contribution is 6.31. The number of carbonyl (C=O) groups is 1. The van der Waals surface area contributed by atoms with Crippen LogP contribution in [0.4, 0.5) is 0 Å². The highest BCUT2D eigenvalue weighted by Gasteiger charge is 2.18. The number of halogens is 1. The summed E-state index contributed by atoms with van der Waals surface area (Å²) in [5, 5.41) is 8.40. The van der Waals surface area contributed by atoms with Crippen molar-refractivity contribution in [3.8, 4) is 0 Å². The zero-order valence-corrected chi connectivity index (χ0v) is 13.0. The average molecular weight is 299 g/mol. The Morgan fingerprint density at radius 3 is 2.65 bits per heavy atom. The Bertz CT molecular complexity index is 466. The van der Waals surface area contributed by atoms with Crippen molar-refractivity contribution in [2.24, 2.45) is 0 Å². The maximum atomic E-state index is 11.9. The molecule has 1 aliphatic rings. The monoisotopic (exact) mass is 298 g/mol. The molecule has 5 nitrogen and oxygen atoms in total. The third-order valence-electron chi connectivity index (χ3n) is 3.72. The van der Waals surface area contributed by atoms with E-state index in [2.05, 4.69) is 10.4 Å². The number of aromatic nitrogens is 2. The summed E-state index contributed by atoms with van der Waals surface area (Å²) in [7, 11) is 0. The normalized spacial score (nSPS) is 15.1. The lowest BCUT2D eigenvalue weighted by Gasteiger charge is -2.15. The van der Waals surface area contributed by atoms with Gasteiger partial charge < -0.3 is 10.2 Å². The van der Waals surface area contributed by atoms with Crippen molar-refractivity contribution in [2.75, 3.05) is 19.6 Å². The Balaban J connectivity index is 1.90. The van der Waals surface area contributed by atoms with Gasteiger partial charge in [-0.1, -0.05) is 18.5 Å². The number of hydrogen-bond acceptors (Lipinski definition) is 3. The Morgan fingerprint density at radius 2 is 2.05 bits per heavy atom. The highest BCUT2D eigenvalue weighted by atomic mass is 35.5. The fourth-order valence-corrected chi connectivity index (χ4v) is 2.89. The SMILES string of the molecule is CCc1nn(CC)c(CNCC(=O)N2CCCC2)c1Cl. The zero-order valence-electron chi connectivity index (χ0n) is 12.3. The number of aryl methyl sites for hydroxylation is 2. The van der Waals surface area contributed by atoms with Gasteiger partial charge in [-0.15, -0.1) is 0 Å². The van der Waals surface area contributed by atoms with Gasteiger partial charge in [-0.3, -0.25) is 9.48 Å². The van der Waals surface area contributed by atoms with Crippen LogP contribution in [0.15, 0.2) is 0 Å². The molecule has 0 unspecified atom stereocenters. The molecule has 0 aliphatic carbocycles. The van der Waals surface area contributed by atoms with Gasteiger partial charge in [0, 0.05) is 26.2 Å². The molecule has 112 valence electrons. The van der Waals surface area contributed by atoms with Crippen LogP contribution in [-0.2, 0) is 24.3 Å². The molecule has 2 rings (SSSR count). The molecule has 1 saturated heterocycles. The predicted molar refractivity (Wildman–Crippen MR) is 79.8 cm³/mol. The molecule has 0 atom stereocenters. The predicted octanol–water partition coefficient (Wildman–Crippen LogP) is 1.83. The van der Waals surface area contributed by atoms with Crippen molar-refractivity contribution in [1.29, 1.82) is 0 Å². The number of amides is 1. The first-order valence-electron chi connectivity index (χ1n) is 7.39. The number of rotatable bonds is 6. The van der Waals surface area contributed by atoms with Crippen LogP contribution in [0.5, 0.6) is 0 Å². The molecule has 0 aromatic carbocycles. The molecule has 6 heteroatoms. The molecule has 20 heavy (non-hydrogen) atoms. The first kappa shape index (κ1) is 15.3. The third kappa shape index (κ3) is 3.33. The van der Waals surface area contributed by atoms with Gasteiger partial charge in [-0.25, -0.2) is 0 Å². The van der Waals surface area contributed by atoms with Crippen LogP contribution in [0, 0.1) is 0 Å². The lowest BCUT2D eigenvalue weighted by molar-refractivity contribution is -0.129. The van der Waals surface area contributed by atoms with Crippen LogP contribution in [-0.4, -0.2) is 40.2 Å². The molecule has 0 spiro atoms. The molecular weight excluding hydrogens is 276 g/mol. The van der Waals surface area contributed by atoms with E-state index in [4.69, 9.17) is 11.6 Å². The highest BCUT2D eigenvalue weighted by Crippen LogP contribution is 2.21. The largest absolute Gasteiger partial charge is 0.342 e. The summed E-state index contributed by atoms with van der Waals surface area (Å²) in [4.78, 5) is 13.9. The minimum Gasteiger partial charge on any atom is -0.342 e. The summed E-state index contributed by atoms with van der Waals surface area (Å²) in [5.74, 6) is 0.178. The van der Waals surface area contributed by atoms with Crippen molar-refractivity contribution in [3.63, 3.8) is 0 Å². The Hall–Kier alpha value is -1.07. The maximum absolute atomic E-state index is 11.9. The van der Waals surface area contributed by atoms with E-state index in [1.807, 2.05) is 23.4 Å². The minimum atomic E-state index is 0.178. The molecule has 0 saturated carbocycles. The molecule has 1 aliphatic heterocycles. The lowest BCUT2D eigenvalue weighted by atomic mass is 10.3. The molecule has 1 fully saturated rings. The lowest BCUT2D eigenvalue weighted by Crippen LogP contribution is -2.36. The summed E-state index contributed by atoms with van der Waals surface area (Å²) >= 11 is 6.33. The number of carbonyl (C=O) groups excluding carboxylic acids is 1. The summed E-state index contributed by atoms with van der Waals surface area (Å²) in [5.41, 5.74) is 1.90. The summed E-state index contributed by atoms with van der Waals surface area (Å²) in [6, 6.07) is 0. The number of hydrogen-bond donors (Lipinski definition) is 1. The van der Waals surface area contributed by atoms with Crippen molar-refractivity contribution in [1.82, 2.24) is 20.0 Å². The smallest absolute Gasteiger partial charge is 0.236 e. The summed E-state index contributed by atoms with van der Waals surface area (Å²) < 4.78 is 1.91. The van der Waals surface area contributed by atoms with E-state index in [9.17, 15) is 4.79 Å². The number of nitrogens with zero attached hydrogens (tertiary/aromatic N) is 3. The maximum Gasteiger partial charge on any atom is 0.236 e. The summed E-state index contributed by atoms with van der Waals surface area (Å²) in [6.45, 7) is 7.62. The molecule has 2 heterocycles. The van der Waals surface area contributed by atoms with Crippen LogP contribution in [0.2, 0.25) is 5.02 Å². The minimum absolute atomic E-state index is 0.178. The first-order chi connectivity index (χ1) is 9.67. The zero-order chi connectivity index (χ0) is 14.5. The Labute approximate surface area is 125 Å². The van der Waals surface area contributed by atoms with Crippen molar-refractivity contribution in [2.45, 2.75) is 46.2 Å². The molecule has 0 radical (unpaired) electrons. The van der Waals surface area contributed by atoms with E-state index in [1.165, 1.54) is 0 Å². The quantitative estimate of drug-likeness (QED) is 0.872. The second kappa shape index (κ2) is 7.09. The fraction of sp³-hybridized carbons (Fsp3) is 0.714. The van der Waals surface area contributed by atoms with E-state index >= 15 is 0 Å². The van der Waals surface area contributed by atoms with Gasteiger partial charge >= 0.3 is 0 Å². The van der Waals surface area contributed by atoms with E-state index < -0.39 is 0 Å². The van der Waals surface area contributed by atoms with Crippen molar-refractivity contribution >= 4 is 17.5 Å². The Morgan fingerprint density at radius 1 is 1.35 bits per heavy atom. The van der Waals surface area contributed by atoms with Crippen LogP contribution in [0.1, 0.15) is 38.1 Å². The van der Waals surface area contributed by atoms with Gasteiger partial charge in [0.1, 0.15) is 0 Å². The second-order valence-electron chi connectivity index (χ2n) is 5.07. The van der Waals surface area contributed by atoms with E-state index in [0.29, 0.717) is 13.1 Å². The second-order valence-corrected chi connectivity index (χ2v) is 5.45. The van der Waals surface area contributed by atoms with Crippen LogP contribution < -0.4 is 5.32 Å². The van der Waals surface area contributed by atoms with E-state index in [1.54, 1.807) is 0 Å². The average Bonchev–Trinajstić information content (AvgIpc) is 3.08. The summed E-state index contributed by atoms with van der Waals surface area (Å²) in [6.07, 6.45) is 3.08. The van der Waals surface area contributed by atoms with Gasteiger partial charge in [-0.05, 0) is 26.2 Å². The van der Waals surface area contributed by atoms with Gasteiger partial charge in [0.15, 0.2) is 0 Å². The van der Waals surface area contributed by atoms with Gasteiger partial charge in [0.25, 0.3) is 0 Å². The van der Waals surface area contributed by atoms with Crippen LogP contribution in [0.25, 0.3) is 0 Å². The van der Waals surface area contributed by atoms with Crippen LogP contribution in [0.3, 0.4) is 0 Å². The van der Waals surface area contributed by atoms with Gasteiger partial charge in [0.2, 0.25) is 5.91 Å². The molecule has 0 bridgehead atoms. The molecule has 1 N–H and O–H groups in total. The standard InChI is InChI=1S/C14H23ClN4O/c1-3-11-14(15)12(19(4-2)17-11)9-16-10-13(20)18-7-5-6-8-18/h16H,3-10H2,1-2H3. The van der Waals surface area contributed by atoms with Gasteiger partial charge in [0.05, 0.1) is 23.0 Å². The molecule has 1 aromatic heterocycles. The third-order valence-corrected chi connectivity index (χ3v) is 4.16. The fourth-order valence-electron chi connectivity index (χ4n) is 2.55. The molecule has 1 aromatic rings. The number of likely N-dealkylation sites (tertiary alicyclic amines) is 1. The molecule has 1 amide bonds. The van der Waals surface area contributed by atoms with Crippen LogP contribution >= 0.6 is 11.6 Å². The van der Waals surface area contributed by atoms with E-state index in [0.717, 1.165) is 55.3 Å². The topological polar surface area (TPSA) is 50.2 Å².